The molecule has 0 radical (unpaired) electrons. The van der Waals surface area contributed by atoms with E-state index in [-0.39, 0.29) is 81.1 Å². The Labute approximate surface area is 486 Å². The summed E-state index contributed by atoms with van der Waals surface area (Å²) in [6.07, 6.45) is -3.39. The zero-order chi connectivity index (χ0) is 58.0. The Morgan fingerprint density at radius 3 is 1.37 bits per heavy atom. The smallest absolute Gasteiger partial charge is 0.335 e. The molecule has 0 unspecified atom stereocenters. The monoisotopic (exact) mass is 1180 g/mol. The summed E-state index contributed by atoms with van der Waals surface area (Å²) in [5, 5.41) is 49.7. The molecule has 2 aromatic heterocycles. The van der Waals surface area contributed by atoms with Crippen LogP contribution in [0.3, 0.4) is 0 Å². The minimum atomic E-state index is -0.949. The predicted molar refractivity (Wildman–Crippen MR) is 308 cm³/mol. The molecule has 0 spiro atoms. The van der Waals surface area contributed by atoms with E-state index in [0.717, 1.165) is 55.5 Å². The second kappa shape index (κ2) is 27.6. The molecule has 4 aliphatic rings. The summed E-state index contributed by atoms with van der Waals surface area (Å²) in [5.41, 5.74) is 16.2. The quantitative estimate of drug-likeness (QED) is 0.0401. The van der Waals surface area contributed by atoms with Gasteiger partial charge in [0.1, 0.15) is 36.6 Å². The van der Waals surface area contributed by atoms with Crippen molar-refractivity contribution < 1.29 is 73.0 Å². The Kier molecular flexibility index (Phi) is 19.6. The second-order valence-corrected chi connectivity index (χ2v) is 20.6. The number of carboxylic acid groups (broad SMARTS) is 1. The number of nitrogens with one attached hydrogen (secondary N) is 3. The lowest BCUT2D eigenvalue weighted by molar-refractivity contribution is 0.00704. The van der Waals surface area contributed by atoms with E-state index in [0.29, 0.717) is 84.8 Å². The standard InChI is InChI=1S/C30H30ClN3O7.C26H21ClN2O6.C4H11NO2/c31-22-14-24-23(33-30(34-24)41-26-16-40-27-25(36)15-39-28(26)27)13-21(22)19-5-1-17(2-6-19)18-3-7-20(8-4-18)29(37)32-9-11-38-12-10-35;27-18-10-20-19(28-26(29-20)35-22-12-34-23-21(30)11-33-24(22)23)9-17(18)15-5-1-13(2-6-15)14-3-7-16(8-4-14)25(31)32;5-1-3-7-4-2-6/h1-8,13-14,25-28,35-36H,9-12,15-16H2,(H,32,37)(H,33,34);1-10,21-24,30H,11-12H2,(H,28,29)(H,31,32);6H,1-5H2/t25-,26-,27-,28-;21-,22-,23-,24-;/m11./s1. The highest BCUT2D eigenvalue weighted by molar-refractivity contribution is 6.34. The number of fused-ring (bicyclic) bond motifs is 4. The molecule has 8 aromatic rings. The van der Waals surface area contributed by atoms with Crippen LogP contribution in [0.2, 0.25) is 10.0 Å². The maximum atomic E-state index is 12.3. The molecule has 6 aromatic carbocycles. The van der Waals surface area contributed by atoms with Crippen LogP contribution in [-0.2, 0) is 28.4 Å². The number of nitrogens with zero attached hydrogens (tertiary/aromatic N) is 2. The lowest BCUT2D eigenvalue weighted by Crippen LogP contribution is -2.34. The number of halogens is 2. The third kappa shape index (κ3) is 14.1. The number of aromatic nitrogens is 4. The number of imidazole rings is 2. The molecule has 12 rings (SSSR count). The van der Waals surface area contributed by atoms with Crippen molar-refractivity contribution >= 4 is 57.1 Å². The summed E-state index contributed by atoms with van der Waals surface area (Å²) in [6.45, 7) is 3.60. The second-order valence-electron chi connectivity index (χ2n) is 19.8. The summed E-state index contributed by atoms with van der Waals surface area (Å²) >= 11 is 13.3. The maximum Gasteiger partial charge on any atom is 0.335 e. The van der Waals surface area contributed by atoms with Crippen LogP contribution in [0.4, 0.5) is 0 Å². The van der Waals surface area contributed by atoms with E-state index in [9.17, 15) is 19.8 Å². The molecule has 4 aliphatic heterocycles. The zero-order valence-electron chi connectivity index (χ0n) is 44.7. The number of aliphatic hydroxyl groups is 4. The third-order valence-electron chi connectivity index (χ3n) is 14.2. The molecule has 0 aliphatic carbocycles. The van der Waals surface area contributed by atoms with Gasteiger partial charge in [0.05, 0.1) is 104 Å². The number of aliphatic hydroxyl groups excluding tert-OH is 4. The summed E-state index contributed by atoms with van der Waals surface area (Å²) in [5.74, 6) is -1.13. The molecule has 1 amide bonds. The summed E-state index contributed by atoms with van der Waals surface area (Å²) in [7, 11) is 0. The number of nitrogens with two attached hydrogens (primary N) is 1. The van der Waals surface area contributed by atoms with Gasteiger partial charge in [-0.15, -0.1) is 0 Å². The minimum absolute atomic E-state index is 0.0411. The van der Waals surface area contributed by atoms with E-state index >= 15 is 0 Å². The van der Waals surface area contributed by atoms with Crippen molar-refractivity contribution in [2.24, 2.45) is 5.73 Å². The van der Waals surface area contributed by atoms with E-state index in [1.54, 1.807) is 36.4 Å². The molecule has 83 heavy (non-hydrogen) atoms. The zero-order valence-corrected chi connectivity index (χ0v) is 46.2. The first-order valence-electron chi connectivity index (χ1n) is 26.9. The molecule has 0 saturated carbocycles. The SMILES string of the molecule is NCCOCCO.O=C(NCCOCCO)c1ccc(-c2ccc(-c3cc4nc(O[C@@H]5CO[C@H]6[C@@H]5OC[C@H]6O)[nH]c4cc3Cl)cc2)cc1.O=C(O)c1ccc(-c2ccc(-c3cc4nc(O[C@@H]5CO[C@H]6[C@@H]5OC[C@H]6O)[nH]c4cc3Cl)cc2)cc1. The number of aromatic amines is 2. The number of hydrogen-bond donors (Lipinski definition) is 9. The molecule has 8 atom stereocenters. The van der Waals surface area contributed by atoms with Gasteiger partial charge in [-0.2, -0.15) is 9.97 Å². The maximum absolute atomic E-state index is 12.3. The molecular formula is C60H62Cl2N6O15. The van der Waals surface area contributed by atoms with Crippen LogP contribution >= 0.6 is 23.2 Å². The number of amides is 1. The molecule has 10 N–H and O–H groups in total. The third-order valence-corrected chi connectivity index (χ3v) is 14.8. The average molecular weight is 1180 g/mol. The number of carboxylic acids is 1. The normalized spacial score (nSPS) is 21.4. The average Bonchev–Trinajstić information content (AvgIpc) is 4.42. The fourth-order valence-electron chi connectivity index (χ4n) is 10.0. The van der Waals surface area contributed by atoms with Gasteiger partial charge in [-0.3, -0.25) is 4.79 Å². The Morgan fingerprint density at radius 1 is 0.554 bits per heavy atom. The number of H-pyrrole nitrogens is 2. The van der Waals surface area contributed by atoms with Gasteiger partial charge in [0.2, 0.25) is 0 Å². The molecule has 4 saturated heterocycles. The van der Waals surface area contributed by atoms with Gasteiger partial charge in [0.15, 0.2) is 12.2 Å². The van der Waals surface area contributed by atoms with Gasteiger partial charge in [-0.1, -0.05) is 96.0 Å². The summed E-state index contributed by atoms with van der Waals surface area (Å²) < 4.78 is 44.4. The predicted octanol–water partition coefficient (Wildman–Crippen LogP) is 6.30. The molecule has 4 fully saturated rings. The van der Waals surface area contributed by atoms with E-state index in [1.807, 2.05) is 84.9 Å². The van der Waals surface area contributed by atoms with Crippen LogP contribution in [0.1, 0.15) is 20.7 Å². The van der Waals surface area contributed by atoms with Crippen molar-refractivity contribution in [3.63, 3.8) is 0 Å². The van der Waals surface area contributed by atoms with Gasteiger partial charge in [0.25, 0.3) is 17.9 Å². The topological polar surface area (TPSA) is 305 Å². The van der Waals surface area contributed by atoms with Gasteiger partial charge < -0.3 is 84.4 Å². The van der Waals surface area contributed by atoms with E-state index in [4.69, 9.17) is 82.2 Å². The Balaban J connectivity index is 0.000000168. The Hall–Kier alpha value is -7.06. The number of rotatable bonds is 19. The molecule has 0 bridgehead atoms. The summed E-state index contributed by atoms with van der Waals surface area (Å²) in [4.78, 5) is 38.9. The van der Waals surface area contributed by atoms with Crippen LogP contribution in [0.15, 0.2) is 121 Å². The lowest BCUT2D eigenvalue weighted by atomic mass is 9.99. The van der Waals surface area contributed by atoms with Crippen molar-refractivity contribution in [1.82, 2.24) is 25.3 Å². The first-order valence-corrected chi connectivity index (χ1v) is 27.7. The van der Waals surface area contributed by atoms with Crippen LogP contribution < -0.4 is 20.5 Å². The van der Waals surface area contributed by atoms with Crippen molar-refractivity contribution in [3.8, 4) is 56.5 Å². The van der Waals surface area contributed by atoms with Crippen molar-refractivity contribution in [2.45, 2.75) is 48.8 Å². The van der Waals surface area contributed by atoms with Gasteiger partial charge in [0, 0.05) is 29.8 Å². The van der Waals surface area contributed by atoms with Crippen LogP contribution in [-0.4, -0.2) is 185 Å². The first kappa shape index (κ1) is 59.1. The highest BCUT2D eigenvalue weighted by Gasteiger charge is 2.50. The Morgan fingerprint density at radius 2 is 0.952 bits per heavy atom. The lowest BCUT2D eigenvalue weighted by Gasteiger charge is -2.15. The largest absolute Gasteiger partial charge is 0.478 e. The minimum Gasteiger partial charge on any atom is -0.478 e. The van der Waals surface area contributed by atoms with Crippen molar-refractivity contribution in [1.29, 1.82) is 0 Å². The molecule has 23 heteroatoms. The van der Waals surface area contributed by atoms with E-state index in [1.165, 1.54) is 0 Å². The van der Waals surface area contributed by atoms with Crippen molar-refractivity contribution in [2.75, 3.05) is 79.2 Å². The first-order chi connectivity index (χ1) is 40.4. The van der Waals surface area contributed by atoms with Gasteiger partial charge >= 0.3 is 5.97 Å². The molecule has 21 nitrogen and oxygen atoms in total. The van der Waals surface area contributed by atoms with Crippen molar-refractivity contribution in [3.05, 3.63) is 142 Å². The fraction of sp³-hybridized carbons (Fsp3) is 0.333. The van der Waals surface area contributed by atoms with E-state index in [2.05, 4.69) is 25.3 Å². The fourth-order valence-corrected chi connectivity index (χ4v) is 10.5. The molecule has 436 valence electrons. The molecule has 6 heterocycles. The number of hydrogen-bond acceptors (Lipinski definition) is 17. The Bertz CT molecular complexity index is 3460. The number of aromatic carboxylic acids is 1. The van der Waals surface area contributed by atoms with Crippen LogP contribution in [0.25, 0.3) is 66.6 Å². The molecular weight excluding hydrogens is 1120 g/mol. The highest BCUT2D eigenvalue weighted by Crippen LogP contribution is 2.37. The number of benzene rings is 6. The van der Waals surface area contributed by atoms with Crippen LogP contribution in [0, 0.1) is 0 Å². The summed E-state index contributed by atoms with van der Waals surface area (Å²) in [6, 6.07) is 38.2. The van der Waals surface area contributed by atoms with Gasteiger partial charge in [-0.25, -0.2) is 4.79 Å². The number of ether oxygens (including phenoxy) is 8. The highest BCUT2D eigenvalue weighted by atomic mass is 35.5. The van der Waals surface area contributed by atoms with Crippen LogP contribution in [0.5, 0.6) is 12.0 Å². The van der Waals surface area contributed by atoms with E-state index < -0.39 is 18.2 Å². The van der Waals surface area contributed by atoms with Gasteiger partial charge in [-0.05, 0) is 81.9 Å². The number of carbonyl (C=O) groups is 2. The number of carbonyl (C=O) groups excluding carboxylic acids is 1.